The fourth-order valence-electron chi connectivity index (χ4n) is 1.53. The molecule has 6 nitrogen and oxygen atoms in total. The van der Waals surface area contributed by atoms with E-state index in [1.807, 2.05) is 0 Å². The third kappa shape index (κ3) is 3.66. The molecule has 10 heteroatoms. The molecule has 0 saturated heterocycles. The monoisotopic (exact) mass is 317 g/mol. The van der Waals surface area contributed by atoms with E-state index in [0.717, 1.165) is 6.07 Å². The molecular formula is C11H10F3N5OS. The van der Waals surface area contributed by atoms with Gasteiger partial charge in [0.2, 0.25) is 5.89 Å². The Labute approximate surface area is 122 Å². The number of rotatable bonds is 4. The van der Waals surface area contributed by atoms with Gasteiger partial charge in [-0.2, -0.15) is 18.2 Å². The highest BCUT2D eigenvalue weighted by molar-refractivity contribution is 7.80. The molecule has 112 valence electrons. The lowest BCUT2D eigenvalue weighted by Gasteiger charge is -2.12. The van der Waals surface area contributed by atoms with Gasteiger partial charge in [0.05, 0.1) is 12.1 Å². The molecule has 0 bridgehead atoms. The summed E-state index contributed by atoms with van der Waals surface area (Å²) in [4.78, 5) is 7.35. The Balaban J connectivity index is 2.28. The first-order chi connectivity index (χ1) is 9.77. The Morgan fingerprint density at radius 1 is 1.38 bits per heavy atom. The second-order valence-electron chi connectivity index (χ2n) is 4.04. The van der Waals surface area contributed by atoms with Crippen LogP contribution in [0.1, 0.15) is 23.0 Å². The number of anilines is 1. The number of halogens is 3. The quantitative estimate of drug-likeness (QED) is 0.834. The molecule has 2 heterocycles. The molecule has 0 atom stereocenters. The number of pyridine rings is 1. The zero-order valence-electron chi connectivity index (χ0n) is 10.7. The molecule has 3 N–H and O–H groups in total. The molecule has 0 unspecified atom stereocenters. The highest BCUT2D eigenvalue weighted by Crippen LogP contribution is 2.29. The van der Waals surface area contributed by atoms with Crippen molar-refractivity contribution in [2.75, 3.05) is 5.32 Å². The molecule has 2 aromatic rings. The maximum Gasteiger partial charge on any atom is 0.433 e. The van der Waals surface area contributed by atoms with E-state index in [-0.39, 0.29) is 28.7 Å². The molecule has 2 rings (SSSR count). The molecule has 0 aliphatic heterocycles. The lowest BCUT2D eigenvalue weighted by atomic mass is 10.2. The van der Waals surface area contributed by atoms with Gasteiger partial charge in [0.25, 0.3) is 0 Å². The first-order valence-electron chi connectivity index (χ1n) is 5.68. The van der Waals surface area contributed by atoms with Crippen LogP contribution in [-0.4, -0.2) is 20.1 Å². The van der Waals surface area contributed by atoms with Crippen LogP contribution >= 0.6 is 12.2 Å². The third-order valence-corrected chi connectivity index (χ3v) is 2.65. The Bertz CT molecular complexity index is 670. The zero-order chi connectivity index (χ0) is 15.6. The molecule has 21 heavy (non-hydrogen) atoms. The van der Waals surface area contributed by atoms with Crippen LogP contribution in [0.3, 0.4) is 0 Å². The summed E-state index contributed by atoms with van der Waals surface area (Å²) in [6.07, 6.45) is -4.56. The summed E-state index contributed by atoms with van der Waals surface area (Å²) in [6, 6.07) is 1.99. The van der Waals surface area contributed by atoms with Crippen molar-refractivity contribution in [1.29, 1.82) is 0 Å². The van der Waals surface area contributed by atoms with Crippen molar-refractivity contribution in [3.8, 4) is 0 Å². The molecule has 0 aromatic carbocycles. The first-order valence-corrected chi connectivity index (χ1v) is 6.09. The topological polar surface area (TPSA) is 89.9 Å². The summed E-state index contributed by atoms with van der Waals surface area (Å²) in [5.41, 5.74) is 4.63. The summed E-state index contributed by atoms with van der Waals surface area (Å²) < 4.78 is 42.8. The van der Waals surface area contributed by atoms with Crippen LogP contribution in [0.2, 0.25) is 0 Å². The second kappa shape index (κ2) is 5.64. The number of hydrogen-bond donors (Lipinski definition) is 2. The third-order valence-electron chi connectivity index (χ3n) is 2.43. The Hall–Kier alpha value is -2.23. The summed E-state index contributed by atoms with van der Waals surface area (Å²) in [5.74, 6) is 0.541. The maximum absolute atomic E-state index is 12.7. The largest absolute Gasteiger partial charge is 0.433 e. The number of hydrogen-bond acceptors (Lipinski definition) is 6. The Morgan fingerprint density at radius 3 is 2.62 bits per heavy atom. The van der Waals surface area contributed by atoms with Crippen molar-refractivity contribution in [3.63, 3.8) is 0 Å². The number of aryl methyl sites for hydroxylation is 1. The van der Waals surface area contributed by atoms with Gasteiger partial charge < -0.3 is 15.6 Å². The number of alkyl halides is 3. The van der Waals surface area contributed by atoms with Gasteiger partial charge >= 0.3 is 6.18 Å². The summed E-state index contributed by atoms with van der Waals surface area (Å²) in [5, 5.41) is 6.29. The van der Waals surface area contributed by atoms with Gasteiger partial charge in [0, 0.05) is 6.92 Å². The maximum atomic E-state index is 12.7. The van der Waals surface area contributed by atoms with Gasteiger partial charge in [-0.1, -0.05) is 17.4 Å². The van der Waals surface area contributed by atoms with Gasteiger partial charge in [0.15, 0.2) is 5.82 Å². The van der Waals surface area contributed by atoms with E-state index in [1.165, 1.54) is 6.07 Å². The van der Waals surface area contributed by atoms with Gasteiger partial charge in [-0.15, -0.1) is 0 Å². The summed E-state index contributed by atoms with van der Waals surface area (Å²) in [7, 11) is 0. The molecule has 0 radical (unpaired) electrons. The smallest absolute Gasteiger partial charge is 0.389 e. The number of thiocarbonyl (C=S) groups is 1. The predicted molar refractivity (Wildman–Crippen MR) is 71.5 cm³/mol. The Kier molecular flexibility index (Phi) is 4.07. The number of aromatic nitrogens is 3. The van der Waals surface area contributed by atoms with Crippen LogP contribution in [-0.2, 0) is 12.7 Å². The van der Waals surface area contributed by atoms with Crippen molar-refractivity contribution in [3.05, 3.63) is 35.1 Å². The minimum absolute atomic E-state index is 0.0290. The van der Waals surface area contributed by atoms with E-state index in [9.17, 15) is 13.2 Å². The Morgan fingerprint density at radius 2 is 2.10 bits per heavy atom. The first kappa shape index (κ1) is 15.2. The van der Waals surface area contributed by atoms with E-state index in [4.69, 9.17) is 22.5 Å². The van der Waals surface area contributed by atoms with Crippen LogP contribution in [0.5, 0.6) is 0 Å². The fourth-order valence-corrected chi connectivity index (χ4v) is 1.69. The molecule has 2 aromatic heterocycles. The van der Waals surface area contributed by atoms with Crippen LogP contribution in [0, 0.1) is 6.92 Å². The molecule has 0 fully saturated rings. The lowest BCUT2D eigenvalue weighted by Crippen LogP contribution is -2.17. The van der Waals surface area contributed by atoms with E-state index in [1.54, 1.807) is 6.92 Å². The summed E-state index contributed by atoms with van der Waals surface area (Å²) in [6.45, 7) is 1.63. The minimum Gasteiger partial charge on any atom is -0.389 e. The molecule has 0 amide bonds. The van der Waals surface area contributed by atoms with Crippen LogP contribution in [0.15, 0.2) is 16.7 Å². The highest BCUT2D eigenvalue weighted by atomic mass is 32.1. The van der Waals surface area contributed by atoms with Crippen molar-refractivity contribution in [2.24, 2.45) is 5.73 Å². The zero-order valence-corrected chi connectivity index (χ0v) is 11.5. The number of nitrogens with zero attached hydrogens (tertiary/aromatic N) is 3. The van der Waals surface area contributed by atoms with E-state index in [0.29, 0.717) is 5.89 Å². The minimum atomic E-state index is -4.56. The van der Waals surface area contributed by atoms with Crippen LogP contribution < -0.4 is 11.1 Å². The molecular weight excluding hydrogens is 307 g/mol. The van der Waals surface area contributed by atoms with Crippen molar-refractivity contribution in [2.45, 2.75) is 19.6 Å². The predicted octanol–water partition coefficient (Wildman–Crippen LogP) is 2.04. The van der Waals surface area contributed by atoms with Gasteiger partial charge in [-0.3, -0.25) is 0 Å². The van der Waals surface area contributed by atoms with Crippen molar-refractivity contribution in [1.82, 2.24) is 15.1 Å². The average Bonchev–Trinajstić information content (AvgIpc) is 2.80. The normalized spacial score (nSPS) is 11.4. The van der Waals surface area contributed by atoms with E-state index >= 15 is 0 Å². The SMILES string of the molecule is Cc1nc(CNc2nc(C(F)(F)F)ccc2C(N)=S)no1. The number of nitrogens with two attached hydrogens (primary N) is 1. The summed E-state index contributed by atoms with van der Waals surface area (Å²) >= 11 is 4.79. The fraction of sp³-hybridized carbons (Fsp3) is 0.273. The second-order valence-corrected chi connectivity index (χ2v) is 4.48. The molecule has 0 spiro atoms. The van der Waals surface area contributed by atoms with Gasteiger partial charge in [-0.05, 0) is 12.1 Å². The van der Waals surface area contributed by atoms with Crippen molar-refractivity contribution < 1.29 is 17.7 Å². The van der Waals surface area contributed by atoms with Crippen LogP contribution in [0.25, 0.3) is 0 Å². The highest BCUT2D eigenvalue weighted by Gasteiger charge is 2.33. The van der Waals surface area contributed by atoms with Gasteiger partial charge in [0.1, 0.15) is 16.5 Å². The molecule has 0 aliphatic carbocycles. The molecule has 0 aliphatic rings. The van der Waals surface area contributed by atoms with Crippen LogP contribution in [0.4, 0.5) is 19.0 Å². The standard InChI is InChI=1S/C11H10F3N5OS/c1-5-17-8(19-20-5)4-16-10-6(9(15)21)2-3-7(18-10)11(12,13)14/h2-3H,4H2,1H3,(H2,15,21)(H,16,18). The molecule has 0 saturated carbocycles. The van der Waals surface area contributed by atoms with E-state index in [2.05, 4.69) is 20.4 Å². The van der Waals surface area contributed by atoms with E-state index < -0.39 is 11.9 Å². The lowest BCUT2D eigenvalue weighted by molar-refractivity contribution is -0.141. The van der Waals surface area contributed by atoms with Crippen molar-refractivity contribution >= 4 is 23.0 Å². The van der Waals surface area contributed by atoms with Gasteiger partial charge in [-0.25, -0.2) is 4.98 Å². The average molecular weight is 317 g/mol. The number of nitrogens with one attached hydrogen (secondary N) is 1.